The van der Waals surface area contributed by atoms with Crippen LogP contribution in [-0.2, 0) is 16.6 Å². The highest BCUT2D eigenvalue weighted by atomic mass is 32.2. The Morgan fingerprint density at radius 2 is 2.00 bits per heavy atom. The van der Waals surface area contributed by atoms with Gasteiger partial charge in [-0.15, -0.1) is 0 Å². The molecule has 0 amide bonds. The van der Waals surface area contributed by atoms with Gasteiger partial charge >= 0.3 is 0 Å². The summed E-state index contributed by atoms with van der Waals surface area (Å²) in [6, 6.07) is 0. The van der Waals surface area contributed by atoms with Crippen LogP contribution >= 0.6 is 11.8 Å². The number of sulfonamides is 1. The third kappa shape index (κ3) is 3.98. The standard InChI is InChI=1S/C12H22N2O3S2/c1-8(18-4)5-6-14-19(15,16)12-10(3)17-9(2)11(12)7-13/h8,14H,5-7,13H2,1-4H3. The second-order valence-corrected chi connectivity index (χ2v) is 7.44. The fourth-order valence-electron chi connectivity index (χ4n) is 1.88. The smallest absolute Gasteiger partial charge is 0.244 e. The van der Waals surface area contributed by atoms with E-state index in [0.29, 0.717) is 28.9 Å². The molecule has 1 rings (SSSR count). The molecule has 0 aromatic carbocycles. The molecule has 0 bridgehead atoms. The molecule has 0 aliphatic carbocycles. The van der Waals surface area contributed by atoms with Crippen LogP contribution in [0.15, 0.2) is 9.31 Å². The minimum Gasteiger partial charge on any atom is -0.465 e. The highest BCUT2D eigenvalue weighted by Gasteiger charge is 2.25. The van der Waals surface area contributed by atoms with Crippen molar-refractivity contribution in [2.45, 2.75) is 43.9 Å². The molecule has 0 saturated heterocycles. The molecule has 0 aliphatic heterocycles. The van der Waals surface area contributed by atoms with E-state index in [2.05, 4.69) is 11.6 Å². The first-order chi connectivity index (χ1) is 8.83. The van der Waals surface area contributed by atoms with Crippen LogP contribution in [0.25, 0.3) is 0 Å². The number of nitrogens with two attached hydrogens (primary N) is 1. The maximum absolute atomic E-state index is 12.3. The molecule has 7 heteroatoms. The van der Waals surface area contributed by atoms with Crippen molar-refractivity contribution < 1.29 is 12.8 Å². The van der Waals surface area contributed by atoms with E-state index in [1.807, 2.05) is 6.26 Å². The van der Waals surface area contributed by atoms with Gasteiger partial charge in [-0.3, -0.25) is 0 Å². The Bertz CT molecular complexity index is 523. The molecule has 1 atom stereocenters. The van der Waals surface area contributed by atoms with Gasteiger partial charge in [0, 0.05) is 23.9 Å². The lowest BCUT2D eigenvalue weighted by molar-refractivity contribution is 0.494. The molecule has 1 heterocycles. The van der Waals surface area contributed by atoms with Gasteiger partial charge in [0.25, 0.3) is 0 Å². The van der Waals surface area contributed by atoms with Gasteiger partial charge in [0.15, 0.2) is 0 Å². The van der Waals surface area contributed by atoms with Gasteiger partial charge in [0.05, 0.1) is 0 Å². The average molecular weight is 306 g/mol. The second-order valence-electron chi connectivity index (χ2n) is 4.46. The molecular weight excluding hydrogens is 284 g/mol. The van der Waals surface area contributed by atoms with Gasteiger partial charge in [0.1, 0.15) is 16.4 Å². The van der Waals surface area contributed by atoms with Crippen LogP contribution < -0.4 is 10.5 Å². The lowest BCUT2D eigenvalue weighted by Crippen LogP contribution is -2.27. The van der Waals surface area contributed by atoms with Crippen LogP contribution in [-0.4, -0.2) is 26.5 Å². The Morgan fingerprint density at radius 1 is 1.37 bits per heavy atom. The summed E-state index contributed by atoms with van der Waals surface area (Å²) >= 11 is 1.71. The van der Waals surface area contributed by atoms with Crippen LogP contribution in [0.1, 0.15) is 30.4 Å². The summed E-state index contributed by atoms with van der Waals surface area (Å²) in [5, 5.41) is 0.420. The number of rotatable bonds is 7. The number of hydrogen-bond acceptors (Lipinski definition) is 5. The summed E-state index contributed by atoms with van der Waals surface area (Å²) in [7, 11) is -3.55. The van der Waals surface area contributed by atoms with Gasteiger partial charge in [0.2, 0.25) is 10.0 Å². The van der Waals surface area contributed by atoms with E-state index in [4.69, 9.17) is 10.2 Å². The van der Waals surface area contributed by atoms with E-state index in [-0.39, 0.29) is 11.4 Å². The Kier molecular flexibility index (Phi) is 5.91. The van der Waals surface area contributed by atoms with E-state index in [1.54, 1.807) is 25.6 Å². The van der Waals surface area contributed by atoms with E-state index in [0.717, 1.165) is 6.42 Å². The minimum atomic E-state index is -3.55. The van der Waals surface area contributed by atoms with Crippen LogP contribution in [0, 0.1) is 13.8 Å². The van der Waals surface area contributed by atoms with Crippen molar-refractivity contribution in [1.29, 1.82) is 0 Å². The van der Waals surface area contributed by atoms with Crippen LogP contribution in [0.2, 0.25) is 0 Å². The Morgan fingerprint density at radius 3 is 2.53 bits per heavy atom. The third-order valence-corrected chi connectivity index (χ3v) is 5.74. The molecule has 0 radical (unpaired) electrons. The molecule has 5 nitrogen and oxygen atoms in total. The minimum absolute atomic E-state index is 0.153. The van der Waals surface area contributed by atoms with Crippen LogP contribution in [0.5, 0.6) is 0 Å². The molecule has 0 saturated carbocycles. The molecule has 0 spiro atoms. The normalized spacial score (nSPS) is 13.7. The highest BCUT2D eigenvalue weighted by molar-refractivity contribution is 7.99. The van der Waals surface area contributed by atoms with Crippen molar-refractivity contribution in [3.05, 3.63) is 17.1 Å². The van der Waals surface area contributed by atoms with E-state index < -0.39 is 10.0 Å². The Balaban J connectivity index is 2.89. The maximum Gasteiger partial charge on any atom is 0.244 e. The molecule has 19 heavy (non-hydrogen) atoms. The summed E-state index contributed by atoms with van der Waals surface area (Å²) in [5.41, 5.74) is 6.16. The van der Waals surface area contributed by atoms with Crippen molar-refractivity contribution in [3.8, 4) is 0 Å². The first-order valence-electron chi connectivity index (χ1n) is 6.14. The van der Waals surface area contributed by atoms with Crippen molar-refractivity contribution >= 4 is 21.8 Å². The molecule has 0 fully saturated rings. The Labute approximate surface area is 119 Å². The second kappa shape index (κ2) is 6.78. The zero-order chi connectivity index (χ0) is 14.6. The lowest BCUT2D eigenvalue weighted by Gasteiger charge is -2.10. The van der Waals surface area contributed by atoms with Crippen molar-refractivity contribution in [1.82, 2.24) is 4.72 Å². The number of hydrogen-bond donors (Lipinski definition) is 2. The monoisotopic (exact) mass is 306 g/mol. The molecular formula is C12H22N2O3S2. The lowest BCUT2D eigenvalue weighted by atomic mass is 10.2. The summed E-state index contributed by atoms with van der Waals surface area (Å²) in [5.74, 6) is 0.959. The molecule has 1 unspecified atom stereocenters. The van der Waals surface area contributed by atoms with E-state index in [9.17, 15) is 8.42 Å². The number of thioether (sulfide) groups is 1. The zero-order valence-electron chi connectivity index (χ0n) is 11.8. The largest absolute Gasteiger partial charge is 0.465 e. The SMILES string of the molecule is CSC(C)CCNS(=O)(=O)c1c(C)oc(C)c1CN. The van der Waals surface area contributed by atoms with Gasteiger partial charge in [-0.05, 0) is 26.5 Å². The molecule has 1 aromatic rings. The maximum atomic E-state index is 12.3. The van der Waals surface area contributed by atoms with Crippen LogP contribution in [0.4, 0.5) is 0 Å². The van der Waals surface area contributed by atoms with Crippen LogP contribution in [0.3, 0.4) is 0 Å². The van der Waals surface area contributed by atoms with E-state index >= 15 is 0 Å². The summed E-state index contributed by atoms with van der Waals surface area (Å²) in [4.78, 5) is 0.198. The highest BCUT2D eigenvalue weighted by Crippen LogP contribution is 2.26. The summed E-state index contributed by atoms with van der Waals surface area (Å²) in [6.07, 6.45) is 2.80. The van der Waals surface area contributed by atoms with Crippen molar-refractivity contribution in [2.24, 2.45) is 5.73 Å². The number of nitrogens with one attached hydrogen (secondary N) is 1. The fourth-order valence-corrected chi connectivity index (χ4v) is 3.74. The predicted molar refractivity (Wildman–Crippen MR) is 78.9 cm³/mol. The van der Waals surface area contributed by atoms with E-state index in [1.165, 1.54) is 0 Å². The van der Waals surface area contributed by atoms with Crippen molar-refractivity contribution in [2.75, 3.05) is 12.8 Å². The molecule has 0 aliphatic rings. The Hall–Kier alpha value is -0.500. The summed E-state index contributed by atoms with van der Waals surface area (Å²) < 4.78 is 32.5. The topological polar surface area (TPSA) is 85.3 Å². The van der Waals surface area contributed by atoms with Crippen molar-refractivity contribution in [3.63, 3.8) is 0 Å². The molecule has 110 valence electrons. The third-order valence-electron chi connectivity index (χ3n) is 3.04. The fraction of sp³-hybridized carbons (Fsp3) is 0.667. The predicted octanol–water partition coefficient (Wildman–Crippen LogP) is 1.78. The zero-order valence-corrected chi connectivity index (χ0v) is 13.5. The van der Waals surface area contributed by atoms with Gasteiger partial charge in [-0.25, -0.2) is 13.1 Å². The molecule has 3 N–H and O–H groups in total. The number of aryl methyl sites for hydroxylation is 2. The summed E-state index contributed by atoms with van der Waals surface area (Å²) in [6.45, 7) is 6.01. The van der Waals surface area contributed by atoms with Gasteiger partial charge in [-0.2, -0.15) is 11.8 Å². The average Bonchev–Trinajstić information content (AvgIpc) is 2.63. The van der Waals surface area contributed by atoms with Gasteiger partial charge < -0.3 is 10.2 Å². The number of furan rings is 1. The first kappa shape index (κ1) is 16.6. The first-order valence-corrected chi connectivity index (χ1v) is 8.92. The molecule has 1 aromatic heterocycles. The van der Waals surface area contributed by atoms with Gasteiger partial charge in [-0.1, -0.05) is 6.92 Å². The quantitative estimate of drug-likeness (QED) is 0.802.